The first-order chi connectivity index (χ1) is 20.7. The summed E-state index contributed by atoms with van der Waals surface area (Å²) in [6, 6.07) is 0. The van der Waals surface area contributed by atoms with Crippen LogP contribution in [-0.4, -0.2) is 23.1 Å². The molecule has 0 fully saturated rings. The van der Waals surface area contributed by atoms with Gasteiger partial charge in [-0.15, -0.1) is 16.4 Å². The zero-order chi connectivity index (χ0) is 35.8. The van der Waals surface area contributed by atoms with Crippen LogP contribution in [0, 0.1) is 98.7 Å². The van der Waals surface area contributed by atoms with Gasteiger partial charge in [0.25, 0.3) is 0 Å². The van der Waals surface area contributed by atoms with Gasteiger partial charge in [0, 0.05) is 5.66 Å². The van der Waals surface area contributed by atoms with Crippen LogP contribution in [0.3, 0.4) is 0 Å². The third-order valence-electron chi connectivity index (χ3n) is 8.22. The lowest BCUT2D eigenvalue weighted by Gasteiger charge is -2.42. The molecular weight excluding hydrogens is 675 g/mol. The molecule has 250 valence electrons. The molecule has 0 aromatic heterocycles. The first-order valence-electron chi connectivity index (χ1n) is 12.9. The molecule has 0 spiro atoms. The largest absolute Gasteiger partial charge is 0.254 e. The Hall–Kier alpha value is -3.34. The topological polar surface area (TPSA) is 0 Å². The van der Waals surface area contributed by atoms with Gasteiger partial charge >= 0.3 is 0 Å². The zero-order valence-corrected chi connectivity index (χ0v) is 25.6. The van der Waals surface area contributed by atoms with Gasteiger partial charge in [0.1, 0.15) is 34.9 Å². The van der Waals surface area contributed by atoms with Gasteiger partial charge in [-0.3, -0.25) is 5.82 Å². The highest BCUT2D eigenvalue weighted by Gasteiger charge is 2.54. The van der Waals surface area contributed by atoms with E-state index >= 15 is 26.3 Å². The van der Waals surface area contributed by atoms with E-state index in [4.69, 9.17) is 0 Å². The maximum atomic E-state index is 15.7. The number of benzene rings is 3. The smallest absolute Gasteiger partial charge is 0.200 e. The molecule has 0 aliphatic rings. The van der Waals surface area contributed by atoms with Crippen molar-refractivity contribution in [3.05, 3.63) is 87.3 Å². The first kappa shape index (κ1) is 37.1. The molecule has 0 aliphatic carbocycles. The number of halogens is 15. The fourth-order valence-electron chi connectivity index (χ4n) is 5.22. The van der Waals surface area contributed by atoms with Gasteiger partial charge in [-0.05, 0) is 41.5 Å². The second-order valence-electron chi connectivity index (χ2n) is 12.4. The Labute approximate surface area is 253 Å². The van der Waals surface area contributed by atoms with Crippen molar-refractivity contribution in [3.63, 3.8) is 0 Å². The number of rotatable bonds is 3. The van der Waals surface area contributed by atoms with E-state index < -0.39 is 127 Å². The van der Waals surface area contributed by atoms with Crippen LogP contribution < -0.4 is 16.4 Å². The van der Waals surface area contributed by atoms with E-state index in [-0.39, 0.29) is 0 Å². The van der Waals surface area contributed by atoms with Crippen molar-refractivity contribution in [2.45, 2.75) is 51.9 Å². The zero-order valence-electron chi connectivity index (χ0n) is 24.7. The standard InChI is InChI=1S/C29H21BF15P/c1-28(2,3)46(7,29(4,5)6)9-8-30(10-13(31)19(37)25(43)20(38)14(10)32,11-15(33)21(39)26(44)22(40)16(11)34)12-17(35)23(41)27(45)24(42)18(12)36/h1-7H3. The third-order valence-corrected chi connectivity index (χ3v) is 14.2. The molecule has 0 unspecified atom stereocenters. The quantitative estimate of drug-likeness (QED) is 0.0651. The summed E-state index contributed by atoms with van der Waals surface area (Å²) < 4.78 is 225. The van der Waals surface area contributed by atoms with E-state index in [1.165, 1.54) is 48.2 Å². The highest BCUT2D eigenvalue weighted by atomic mass is 31.2. The van der Waals surface area contributed by atoms with E-state index in [2.05, 4.69) is 5.66 Å². The molecule has 0 N–H and O–H groups in total. The molecule has 46 heavy (non-hydrogen) atoms. The summed E-state index contributed by atoms with van der Waals surface area (Å²) >= 11 is 0. The van der Waals surface area contributed by atoms with E-state index in [1.54, 1.807) is 5.82 Å². The minimum Gasteiger partial charge on any atom is -0.254 e. The van der Waals surface area contributed by atoms with Crippen molar-refractivity contribution < 1.29 is 65.9 Å². The highest BCUT2D eigenvalue weighted by Crippen LogP contribution is 2.73. The molecule has 0 heterocycles. The average Bonchev–Trinajstić information content (AvgIpc) is 2.96. The van der Waals surface area contributed by atoms with E-state index in [9.17, 15) is 39.5 Å². The van der Waals surface area contributed by atoms with Crippen molar-refractivity contribution in [3.8, 4) is 11.5 Å². The van der Waals surface area contributed by atoms with Crippen LogP contribution in [0.4, 0.5) is 65.9 Å². The second-order valence-corrected chi connectivity index (χ2v) is 17.3. The van der Waals surface area contributed by atoms with Crippen molar-refractivity contribution in [2.75, 3.05) is 6.66 Å². The molecule has 0 bridgehead atoms. The first-order valence-corrected chi connectivity index (χ1v) is 15.1. The lowest BCUT2D eigenvalue weighted by molar-refractivity contribution is 0.380. The van der Waals surface area contributed by atoms with Crippen LogP contribution in [0.2, 0.25) is 0 Å². The van der Waals surface area contributed by atoms with Gasteiger partial charge < -0.3 is 0 Å². The molecule has 0 radical (unpaired) electrons. The molecule has 3 aromatic rings. The summed E-state index contributed by atoms with van der Waals surface area (Å²) in [6.07, 6.45) is -5.92. The molecule has 0 nitrogen and oxygen atoms in total. The van der Waals surface area contributed by atoms with Crippen molar-refractivity contribution in [1.82, 2.24) is 0 Å². The Bertz CT molecular complexity index is 1580. The highest BCUT2D eigenvalue weighted by molar-refractivity contribution is 7.82. The van der Waals surface area contributed by atoms with Gasteiger partial charge in [0.05, 0.1) is 24.2 Å². The third kappa shape index (κ3) is 5.13. The maximum absolute atomic E-state index is 15.7. The molecule has 3 rings (SSSR count). The van der Waals surface area contributed by atoms with Crippen LogP contribution in [0.25, 0.3) is 0 Å². The summed E-state index contributed by atoms with van der Waals surface area (Å²) in [4.78, 5) is 0. The lowest BCUT2D eigenvalue weighted by atomic mass is 9.15. The number of hydrogen-bond acceptors (Lipinski definition) is 0. The number of hydrogen-bond donors (Lipinski definition) is 0. The van der Waals surface area contributed by atoms with Gasteiger partial charge in [-0.25, -0.2) is 65.9 Å². The van der Waals surface area contributed by atoms with Gasteiger partial charge in [0.2, 0.25) is 0 Å². The summed E-state index contributed by atoms with van der Waals surface area (Å²) in [5.74, 6) is -44.1. The van der Waals surface area contributed by atoms with Crippen LogP contribution in [-0.2, 0) is 0 Å². The minimum absolute atomic E-state index is 1.11. The van der Waals surface area contributed by atoms with Gasteiger partial charge in [-0.1, -0.05) is 0 Å². The van der Waals surface area contributed by atoms with Crippen LogP contribution in [0.15, 0.2) is 0 Å². The Morgan fingerprint density at radius 1 is 0.370 bits per heavy atom. The Morgan fingerprint density at radius 2 is 0.543 bits per heavy atom. The fourth-order valence-corrected chi connectivity index (χ4v) is 8.36. The van der Waals surface area contributed by atoms with Gasteiger partial charge in [-0.2, -0.15) is 0 Å². The van der Waals surface area contributed by atoms with Crippen molar-refractivity contribution >= 4 is 29.8 Å². The summed E-state index contributed by atoms with van der Waals surface area (Å²) in [5, 5.41) is -2.22. The van der Waals surface area contributed by atoms with Crippen LogP contribution in [0.1, 0.15) is 41.5 Å². The Kier molecular flexibility index (Phi) is 9.46. The molecule has 3 aromatic carbocycles. The van der Waals surface area contributed by atoms with E-state index in [0.29, 0.717) is 0 Å². The molecule has 17 heteroatoms. The summed E-state index contributed by atoms with van der Waals surface area (Å²) in [7, 11) is -3.35. The molecule has 0 saturated heterocycles. The summed E-state index contributed by atoms with van der Waals surface area (Å²) in [5.41, 5.74) is -5.89. The molecule has 0 amide bonds. The van der Waals surface area contributed by atoms with Crippen molar-refractivity contribution in [2.24, 2.45) is 0 Å². The predicted molar refractivity (Wildman–Crippen MR) is 143 cm³/mol. The normalized spacial score (nSPS) is 12.8. The van der Waals surface area contributed by atoms with Gasteiger partial charge in [0.15, 0.2) is 58.5 Å². The summed E-state index contributed by atoms with van der Waals surface area (Å²) in [6.45, 7) is 10.2. The van der Waals surface area contributed by atoms with Crippen LogP contribution >= 0.6 is 7.26 Å². The Morgan fingerprint density at radius 3 is 0.717 bits per heavy atom. The predicted octanol–water partition coefficient (Wildman–Crippen LogP) is 7.99. The van der Waals surface area contributed by atoms with E-state index in [0.717, 1.165) is 0 Å². The van der Waals surface area contributed by atoms with E-state index in [1.807, 2.05) is 0 Å². The molecular formula is C29H21BF15P. The SMILES string of the molecule is CC(C)(C)[P+](C)(C#C[B-](c1c(F)c(F)c(F)c(F)c1F)(c1c(F)c(F)c(F)c(F)c1F)c1c(F)c(F)c(F)c(F)c1F)C(C)(C)C. The fraction of sp³-hybridized carbons (Fsp3) is 0.310. The monoisotopic (exact) mass is 696 g/mol. The molecule has 0 aliphatic heterocycles. The average molecular weight is 696 g/mol. The Balaban J connectivity index is 3.04. The molecule has 0 atom stereocenters. The maximum Gasteiger partial charge on any atom is 0.200 e. The van der Waals surface area contributed by atoms with Crippen LogP contribution in [0.5, 0.6) is 0 Å². The lowest BCUT2D eigenvalue weighted by Crippen LogP contribution is -2.73. The van der Waals surface area contributed by atoms with Crippen molar-refractivity contribution in [1.29, 1.82) is 0 Å². The second kappa shape index (κ2) is 11.7. The minimum atomic E-state index is -5.92. The molecule has 0 saturated carbocycles.